The number of nitrogens with zero attached hydrogens (tertiary/aromatic N) is 4. The monoisotopic (exact) mass is 428 g/mol. The van der Waals surface area contributed by atoms with Gasteiger partial charge in [0.05, 0.1) is 13.2 Å². The lowest BCUT2D eigenvalue weighted by Crippen LogP contribution is -2.21. The number of para-hydroxylation sites is 1. The van der Waals surface area contributed by atoms with E-state index in [2.05, 4.69) is 15.1 Å². The van der Waals surface area contributed by atoms with Gasteiger partial charge in [0, 0.05) is 24.4 Å². The molecule has 1 aromatic heterocycles. The lowest BCUT2D eigenvalue weighted by molar-refractivity contribution is 0.343. The Morgan fingerprint density at radius 1 is 1.10 bits per heavy atom. The zero-order valence-corrected chi connectivity index (χ0v) is 18.2. The molecule has 0 unspecified atom stereocenters. The molecule has 1 heterocycles. The highest BCUT2D eigenvalue weighted by atomic mass is 35.5. The fourth-order valence-corrected chi connectivity index (χ4v) is 3.83. The van der Waals surface area contributed by atoms with Crippen LogP contribution < -0.4 is 4.74 Å². The van der Waals surface area contributed by atoms with Crippen molar-refractivity contribution < 1.29 is 4.74 Å². The van der Waals surface area contributed by atoms with Crippen LogP contribution in [0.15, 0.2) is 70.9 Å². The van der Waals surface area contributed by atoms with E-state index in [0.29, 0.717) is 19.7 Å². The molecule has 0 aliphatic carbocycles. The topological polar surface area (TPSA) is 43.2 Å². The van der Waals surface area contributed by atoms with E-state index in [-0.39, 0.29) is 0 Å². The summed E-state index contributed by atoms with van der Waals surface area (Å²) in [6.07, 6.45) is 1.99. The van der Waals surface area contributed by atoms with Gasteiger partial charge in [-0.15, -0.1) is 10.2 Å². The molecular weight excluding hydrogens is 404 g/mol. The van der Waals surface area contributed by atoms with E-state index >= 15 is 0 Å². The normalized spacial score (nSPS) is 11.8. The molecule has 2 aromatic carbocycles. The second kappa shape index (κ2) is 11.0. The highest BCUT2D eigenvalue weighted by molar-refractivity contribution is 7.99. The molecule has 0 saturated carbocycles. The number of thioether (sulfide) groups is 1. The summed E-state index contributed by atoms with van der Waals surface area (Å²) < 4.78 is 7.75. The second-order valence-corrected chi connectivity index (χ2v) is 8.19. The van der Waals surface area contributed by atoms with Crippen LogP contribution in [0.4, 0.5) is 0 Å². The number of hydrogen-bond donors (Lipinski definition) is 0. The summed E-state index contributed by atoms with van der Waals surface area (Å²) in [6, 6.07) is 19.9. The van der Waals surface area contributed by atoms with Gasteiger partial charge < -0.3 is 9.30 Å². The molecule has 0 fully saturated rings. The van der Waals surface area contributed by atoms with Crippen molar-refractivity contribution in [2.75, 3.05) is 26.0 Å². The van der Waals surface area contributed by atoms with Gasteiger partial charge in [-0.05, 0) is 30.8 Å². The minimum Gasteiger partial charge on any atom is -0.493 e. The van der Waals surface area contributed by atoms with Gasteiger partial charge in [-0.2, -0.15) is 0 Å². The first-order valence-corrected chi connectivity index (χ1v) is 10.8. The fourth-order valence-electron chi connectivity index (χ4n) is 2.75. The first-order valence-electron chi connectivity index (χ1n) is 9.40. The van der Waals surface area contributed by atoms with Gasteiger partial charge in [0.1, 0.15) is 11.6 Å². The summed E-state index contributed by atoms with van der Waals surface area (Å²) in [7, 11) is 4.02. The fraction of sp³-hybridized carbons (Fsp3) is 0.273. The maximum atomic E-state index is 6.42. The molecular formula is C22H25ClN4OS. The molecule has 7 heteroatoms. The van der Waals surface area contributed by atoms with Crippen LogP contribution in [-0.2, 0) is 13.6 Å². The van der Waals surface area contributed by atoms with Crippen molar-refractivity contribution in [1.29, 1.82) is 0 Å². The molecule has 29 heavy (non-hydrogen) atoms. The molecule has 0 N–H and O–H groups in total. The smallest absolute Gasteiger partial charge is 0.191 e. The molecule has 0 radical (unpaired) electrons. The van der Waals surface area contributed by atoms with E-state index in [4.69, 9.17) is 16.3 Å². The third-order valence-electron chi connectivity index (χ3n) is 4.21. The maximum absolute atomic E-state index is 6.42. The summed E-state index contributed by atoms with van der Waals surface area (Å²) >= 11 is 8.05. The van der Waals surface area contributed by atoms with E-state index in [1.165, 1.54) is 0 Å². The van der Waals surface area contributed by atoms with Crippen LogP contribution in [0, 0.1) is 0 Å². The molecule has 0 bridgehead atoms. The van der Waals surface area contributed by atoms with Crippen molar-refractivity contribution in [3.05, 3.63) is 77.1 Å². The average molecular weight is 429 g/mol. The van der Waals surface area contributed by atoms with Crippen LogP contribution in [0.25, 0.3) is 6.08 Å². The molecule has 0 aliphatic rings. The third-order valence-corrected chi connectivity index (χ3v) is 5.42. The number of halogens is 1. The Labute approximate surface area is 181 Å². The van der Waals surface area contributed by atoms with Gasteiger partial charge >= 0.3 is 0 Å². The van der Waals surface area contributed by atoms with E-state index in [1.54, 1.807) is 11.8 Å². The van der Waals surface area contributed by atoms with Crippen molar-refractivity contribution in [2.24, 2.45) is 7.05 Å². The van der Waals surface area contributed by atoms with E-state index in [1.807, 2.05) is 85.4 Å². The van der Waals surface area contributed by atoms with Gasteiger partial charge in [0.25, 0.3) is 0 Å². The Hall–Kier alpha value is -2.28. The maximum Gasteiger partial charge on any atom is 0.191 e. The molecule has 5 nitrogen and oxygen atoms in total. The summed E-state index contributed by atoms with van der Waals surface area (Å²) in [4.78, 5) is 2.12. The number of aromatic nitrogens is 3. The number of likely N-dealkylation sites (N-methyl/N-ethyl adjacent to an activating group) is 1. The molecule has 3 rings (SSSR count). The number of hydrogen-bond acceptors (Lipinski definition) is 5. The Morgan fingerprint density at radius 3 is 2.52 bits per heavy atom. The molecule has 0 amide bonds. The van der Waals surface area contributed by atoms with Crippen molar-refractivity contribution in [1.82, 2.24) is 19.7 Å². The second-order valence-electron chi connectivity index (χ2n) is 6.64. The Bertz CT molecular complexity index is 915. The zero-order valence-electron chi connectivity index (χ0n) is 16.7. The highest BCUT2D eigenvalue weighted by Crippen LogP contribution is 2.18. The first-order chi connectivity index (χ1) is 14.1. The van der Waals surface area contributed by atoms with Crippen LogP contribution in [0.1, 0.15) is 11.4 Å². The van der Waals surface area contributed by atoms with E-state index in [9.17, 15) is 0 Å². The summed E-state index contributed by atoms with van der Waals surface area (Å²) in [6.45, 7) is 1.94. The number of benzene rings is 2. The standard InChI is InChI=1S/C22H25ClN4OS/c1-26(16-19(23)15-18-9-5-3-6-10-18)17-21-24-25-22(27(21)2)29-14-13-28-20-11-7-4-8-12-20/h3-12,15H,13-14,16-17H2,1-2H3/b19-15-. The van der Waals surface area contributed by atoms with Gasteiger partial charge in [-0.1, -0.05) is 71.9 Å². The lowest BCUT2D eigenvalue weighted by atomic mass is 10.2. The highest BCUT2D eigenvalue weighted by Gasteiger charge is 2.12. The number of rotatable bonds is 10. The molecule has 3 aromatic rings. The van der Waals surface area contributed by atoms with Crippen molar-refractivity contribution in [2.45, 2.75) is 11.7 Å². The predicted octanol–water partition coefficient (Wildman–Crippen LogP) is 4.70. The van der Waals surface area contributed by atoms with Gasteiger partial charge in [0.15, 0.2) is 5.16 Å². The SMILES string of the molecule is CN(C/C(Cl)=C/c1ccccc1)Cc1nnc(SCCOc2ccccc2)n1C. The molecule has 0 aliphatic heterocycles. The predicted molar refractivity (Wildman–Crippen MR) is 120 cm³/mol. The van der Waals surface area contributed by atoms with E-state index in [0.717, 1.165) is 33.1 Å². The summed E-state index contributed by atoms with van der Waals surface area (Å²) in [5, 5.41) is 10.3. The largest absolute Gasteiger partial charge is 0.493 e. The lowest BCUT2D eigenvalue weighted by Gasteiger charge is -2.15. The molecule has 0 saturated heterocycles. The number of ether oxygens (including phenoxy) is 1. The van der Waals surface area contributed by atoms with Crippen molar-refractivity contribution in [3.8, 4) is 5.75 Å². The van der Waals surface area contributed by atoms with Crippen molar-refractivity contribution >= 4 is 29.4 Å². The minimum absolute atomic E-state index is 0.622. The van der Waals surface area contributed by atoms with Gasteiger partial charge in [0.2, 0.25) is 0 Å². The molecule has 0 spiro atoms. The average Bonchev–Trinajstić information content (AvgIpc) is 3.06. The van der Waals surface area contributed by atoms with Gasteiger partial charge in [-0.3, -0.25) is 4.90 Å². The summed E-state index contributed by atoms with van der Waals surface area (Å²) in [5.41, 5.74) is 1.10. The van der Waals surface area contributed by atoms with Crippen LogP contribution >= 0.6 is 23.4 Å². The Morgan fingerprint density at radius 2 is 1.79 bits per heavy atom. The van der Waals surface area contributed by atoms with Crippen LogP contribution in [-0.4, -0.2) is 45.6 Å². The van der Waals surface area contributed by atoms with E-state index < -0.39 is 0 Å². The molecule has 152 valence electrons. The quantitative estimate of drug-likeness (QED) is 0.346. The van der Waals surface area contributed by atoms with Crippen LogP contribution in [0.3, 0.4) is 0 Å². The van der Waals surface area contributed by atoms with Crippen molar-refractivity contribution in [3.63, 3.8) is 0 Å². The Kier molecular flexibility index (Phi) is 8.16. The zero-order chi connectivity index (χ0) is 20.5. The molecule has 0 atom stereocenters. The third kappa shape index (κ3) is 6.92. The van der Waals surface area contributed by atoms with Crippen LogP contribution in [0.5, 0.6) is 5.75 Å². The van der Waals surface area contributed by atoms with Crippen LogP contribution in [0.2, 0.25) is 0 Å². The minimum atomic E-state index is 0.622. The first kappa shape index (κ1) is 21.4. The van der Waals surface area contributed by atoms with Gasteiger partial charge in [-0.25, -0.2) is 0 Å². The summed E-state index contributed by atoms with van der Waals surface area (Å²) in [5.74, 6) is 2.60. The Balaban J connectivity index is 1.46.